The second kappa shape index (κ2) is 5.29. The molecule has 0 radical (unpaired) electrons. The number of hydrogen-bond acceptors (Lipinski definition) is 4. The van der Waals surface area contributed by atoms with Gasteiger partial charge in [-0.3, -0.25) is 0 Å². The topological polar surface area (TPSA) is 51.8 Å². The number of aromatic nitrogens is 2. The number of nitrogens with zero attached hydrogens (tertiary/aromatic N) is 2. The summed E-state index contributed by atoms with van der Waals surface area (Å²) in [4.78, 5) is 1.17. The van der Waals surface area contributed by atoms with Crippen LogP contribution in [0.25, 0.3) is 0 Å². The fourth-order valence-corrected chi connectivity index (χ4v) is 2.44. The van der Waals surface area contributed by atoms with E-state index >= 15 is 0 Å². The van der Waals surface area contributed by atoms with Crippen molar-refractivity contribution in [3.63, 3.8) is 0 Å². The van der Waals surface area contributed by atoms with E-state index in [4.69, 9.17) is 5.73 Å². The highest BCUT2D eigenvalue weighted by molar-refractivity contribution is 7.99. The molecule has 88 valence electrons. The van der Waals surface area contributed by atoms with Gasteiger partial charge < -0.3 is 5.73 Å². The van der Waals surface area contributed by atoms with Crippen molar-refractivity contribution in [2.45, 2.75) is 30.3 Å². The van der Waals surface area contributed by atoms with Crippen molar-refractivity contribution in [2.75, 3.05) is 0 Å². The molecule has 1 aromatic carbocycles. The Bertz CT molecular complexity index is 526. The predicted octanol–water partition coefficient (Wildman–Crippen LogP) is 2.70. The van der Waals surface area contributed by atoms with Crippen LogP contribution in [-0.2, 0) is 6.54 Å². The highest BCUT2D eigenvalue weighted by atomic mass is 32.2. The number of aryl methyl sites for hydroxylation is 2. The van der Waals surface area contributed by atoms with Crippen molar-refractivity contribution in [3.8, 4) is 0 Å². The third-order valence-corrected chi connectivity index (χ3v) is 3.71. The first-order valence-corrected chi connectivity index (χ1v) is 6.28. The van der Waals surface area contributed by atoms with Gasteiger partial charge in [-0.2, -0.15) is 5.10 Å². The summed E-state index contributed by atoms with van der Waals surface area (Å²) in [5.41, 5.74) is 9.29. The zero-order valence-electron chi connectivity index (χ0n) is 9.97. The second-order valence-corrected chi connectivity index (χ2v) is 4.98. The Morgan fingerprint density at radius 2 is 2.00 bits per heavy atom. The van der Waals surface area contributed by atoms with E-state index in [9.17, 15) is 0 Å². The summed E-state index contributed by atoms with van der Waals surface area (Å²) in [5.74, 6) is 0. The van der Waals surface area contributed by atoms with Crippen molar-refractivity contribution in [3.05, 3.63) is 47.2 Å². The zero-order valence-corrected chi connectivity index (χ0v) is 10.8. The lowest BCUT2D eigenvalue weighted by atomic mass is 10.1. The van der Waals surface area contributed by atoms with Crippen LogP contribution >= 0.6 is 11.8 Å². The molecular weight excluding hydrogens is 230 g/mol. The molecule has 1 aromatic heterocycles. The third-order valence-electron chi connectivity index (χ3n) is 2.68. The van der Waals surface area contributed by atoms with Crippen molar-refractivity contribution in [2.24, 2.45) is 5.73 Å². The molecule has 17 heavy (non-hydrogen) atoms. The summed E-state index contributed by atoms with van der Waals surface area (Å²) >= 11 is 1.61. The number of nitrogens with two attached hydrogens (primary N) is 1. The zero-order chi connectivity index (χ0) is 12.3. The van der Waals surface area contributed by atoms with Gasteiger partial charge in [0.1, 0.15) is 5.03 Å². The van der Waals surface area contributed by atoms with Gasteiger partial charge in [0.25, 0.3) is 0 Å². The molecule has 0 aliphatic rings. The summed E-state index contributed by atoms with van der Waals surface area (Å²) in [7, 11) is 0. The summed E-state index contributed by atoms with van der Waals surface area (Å²) in [6.07, 6.45) is 1.67. The summed E-state index contributed by atoms with van der Waals surface area (Å²) in [6.45, 7) is 4.71. The lowest BCUT2D eigenvalue weighted by Gasteiger charge is -2.06. The molecule has 2 N–H and O–H groups in total. The molecule has 0 aliphatic carbocycles. The maximum Gasteiger partial charge on any atom is 0.128 e. The quantitative estimate of drug-likeness (QED) is 0.903. The average Bonchev–Trinajstić information content (AvgIpc) is 2.34. The van der Waals surface area contributed by atoms with Crippen molar-refractivity contribution in [1.29, 1.82) is 0 Å². The molecule has 0 spiro atoms. The lowest BCUT2D eigenvalue weighted by Crippen LogP contribution is -2.00. The molecule has 2 rings (SSSR count). The first-order chi connectivity index (χ1) is 8.20. The molecule has 4 heteroatoms. The van der Waals surface area contributed by atoms with E-state index in [0.717, 1.165) is 10.6 Å². The Kier molecular flexibility index (Phi) is 3.76. The summed E-state index contributed by atoms with van der Waals surface area (Å²) < 4.78 is 0. The van der Waals surface area contributed by atoms with Gasteiger partial charge in [-0.25, -0.2) is 0 Å². The van der Waals surface area contributed by atoms with Gasteiger partial charge in [0.15, 0.2) is 0 Å². The highest BCUT2D eigenvalue weighted by Crippen LogP contribution is 2.29. The fourth-order valence-electron chi connectivity index (χ4n) is 1.47. The Labute approximate surface area is 105 Å². The van der Waals surface area contributed by atoms with Gasteiger partial charge in [0, 0.05) is 23.2 Å². The van der Waals surface area contributed by atoms with Crippen LogP contribution in [0.5, 0.6) is 0 Å². The molecule has 0 saturated heterocycles. The highest BCUT2D eigenvalue weighted by Gasteiger charge is 2.05. The SMILES string of the molecule is Cc1ccc(Sc2nnccc2CN)cc1C. The molecule has 1 heterocycles. The van der Waals surface area contributed by atoms with Crippen LogP contribution < -0.4 is 5.73 Å². The van der Waals surface area contributed by atoms with E-state index in [1.165, 1.54) is 16.0 Å². The molecule has 0 aliphatic heterocycles. The molecule has 0 bridgehead atoms. The van der Waals surface area contributed by atoms with E-state index in [1.54, 1.807) is 18.0 Å². The van der Waals surface area contributed by atoms with Gasteiger partial charge in [-0.05, 0) is 43.2 Å². The summed E-state index contributed by atoms with van der Waals surface area (Å²) in [6, 6.07) is 8.30. The largest absolute Gasteiger partial charge is 0.326 e. The third kappa shape index (κ3) is 2.84. The number of benzene rings is 1. The molecule has 0 fully saturated rings. The number of hydrogen-bond donors (Lipinski definition) is 1. The van der Waals surface area contributed by atoms with E-state index < -0.39 is 0 Å². The normalized spacial score (nSPS) is 10.5. The molecular formula is C13H15N3S. The van der Waals surface area contributed by atoms with Gasteiger partial charge >= 0.3 is 0 Å². The Hall–Kier alpha value is -1.39. The van der Waals surface area contributed by atoms with Crippen LogP contribution in [0, 0.1) is 13.8 Å². The first kappa shape index (κ1) is 12.1. The number of rotatable bonds is 3. The van der Waals surface area contributed by atoms with E-state index in [0.29, 0.717) is 6.54 Å². The first-order valence-electron chi connectivity index (χ1n) is 5.46. The molecule has 0 amide bonds. The predicted molar refractivity (Wildman–Crippen MR) is 70.0 cm³/mol. The second-order valence-electron chi connectivity index (χ2n) is 3.91. The summed E-state index contributed by atoms with van der Waals surface area (Å²) in [5, 5.41) is 8.92. The molecule has 0 unspecified atom stereocenters. The van der Waals surface area contributed by atoms with E-state index in [2.05, 4.69) is 42.2 Å². The van der Waals surface area contributed by atoms with Gasteiger partial charge in [-0.15, -0.1) is 5.10 Å². The van der Waals surface area contributed by atoms with Crippen LogP contribution in [0.1, 0.15) is 16.7 Å². The minimum Gasteiger partial charge on any atom is -0.326 e. The monoisotopic (exact) mass is 245 g/mol. The van der Waals surface area contributed by atoms with Crippen molar-refractivity contribution < 1.29 is 0 Å². The lowest BCUT2D eigenvalue weighted by molar-refractivity contribution is 0.866. The van der Waals surface area contributed by atoms with Crippen molar-refractivity contribution in [1.82, 2.24) is 10.2 Å². The average molecular weight is 245 g/mol. The maximum absolute atomic E-state index is 5.68. The maximum atomic E-state index is 5.68. The van der Waals surface area contributed by atoms with Gasteiger partial charge in [0.05, 0.1) is 0 Å². The van der Waals surface area contributed by atoms with Crippen LogP contribution in [0.4, 0.5) is 0 Å². The van der Waals surface area contributed by atoms with Crippen LogP contribution in [0.2, 0.25) is 0 Å². The molecule has 2 aromatic rings. The molecule has 3 nitrogen and oxygen atoms in total. The van der Waals surface area contributed by atoms with Crippen molar-refractivity contribution >= 4 is 11.8 Å². The smallest absolute Gasteiger partial charge is 0.128 e. The van der Waals surface area contributed by atoms with Crippen LogP contribution in [0.3, 0.4) is 0 Å². The van der Waals surface area contributed by atoms with Gasteiger partial charge in [-0.1, -0.05) is 17.8 Å². The molecule has 0 atom stereocenters. The fraction of sp³-hybridized carbons (Fsp3) is 0.231. The van der Waals surface area contributed by atoms with E-state index in [1.807, 2.05) is 6.07 Å². The van der Waals surface area contributed by atoms with Crippen LogP contribution in [0.15, 0.2) is 40.4 Å². The van der Waals surface area contributed by atoms with E-state index in [-0.39, 0.29) is 0 Å². The Balaban J connectivity index is 2.28. The van der Waals surface area contributed by atoms with Gasteiger partial charge in [0.2, 0.25) is 0 Å². The minimum absolute atomic E-state index is 0.489. The minimum atomic E-state index is 0.489. The Morgan fingerprint density at radius 3 is 2.71 bits per heavy atom. The Morgan fingerprint density at radius 1 is 1.18 bits per heavy atom. The van der Waals surface area contributed by atoms with Crippen LogP contribution in [-0.4, -0.2) is 10.2 Å². The standard InChI is InChI=1S/C13H15N3S/c1-9-3-4-12(7-10(9)2)17-13-11(8-14)5-6-15-16-13/h3-7H,8,14H2,1-2H3. The molecule has 0 saturated carbocycles.